The molecule has 19 heavy (non-hydrogen) atoms. The van der Waals surface area contributed by atoms with Gasteiger partial charge in [0, 0.05) is 12.2 Å². The van der Waals surface area contributed by atoms with Crippen LogP contribution in [0.15, 0.2) is 11.4 Å². The first-order valence-corrected chi connectivity index (χ1v) is 8.05. The summed E-state index contributed by atoms with van der Waals surface area (Å²) in [5.74, 6) is -0.696. The van der Waals surface area contributed by atoms with Gasteiger partial charge in [-0.2, -0.15) is 0 Å². The Morgan fingerprint density at radius 1 is 1.37 bits per heavy atom. The van der Waals surface area contributed by atoms with E-state index in [0.29, 0.717) is 6.04 Å². The van der Waals surface area contributed by atoms with Crippen LogP contribution in [0.2, 0.25) is 0 Å². The molecule has 1 aromatic heterocycles. The number of aryl methyl sites for hydroxylation is 1. The fraction of sp³-hybridized carbons (Fsp3) is 0.714. The highest BCUT2D eigenvalue weighted by Gasteiger charge is 2.18. The van der Waals surface area contributed by atoms with Crippen molar-refractivity contribution in [1.82, 2.24) is 9.55 Å². The van der Waals surface area contributed by atoms with Crippen LogP contribution >= 0.6 is 11.8 Å². The predicted octanol–water partition coefficient (Wildman–Crippen LogP) is 3.65. The monoisotopic (exact) mass is 282 g/mol. The summed E-state index contributed by atoms with van der Waals surface area (Å²) < 4.78 is 2.22. The molecule has 5 heteroatoms. The zero-order valence-corrected chi connectivity index (χ0v) is 12.3. The van der Waals surface area contributed by atoms with Crippen molar-refractivity contribution in [3.8, 4) is 0 Å². The molecule has 0 spiro atoms. The summed E-state index contributed by atoms with van der Waals surface area (Å²) >= 11 is 1.33. The van der Waals surface area contributed by atoms with Gasteiger partial charge in [-0.15, -0.1) is 0 Å². The minimum absolute atomic E-state index is 0.0865. The quantitative estimate of drug-likeness (QED) is 0.856. The second kappa shape index (κ2) is 6.98. The van der Waals surface area contributed by atoms with E-state index in [2.05, 4.69) is 15.7 Å². The molecule has 0 amide bonds. The van der Waals surface area contributed by atoms with E-state index in [0.717, 1.165) is 10.9 Å². The molecule has 0 atom stereocenters. The first kappa shape index (κ1) is 14.4. The van der Waals surface area contributed by atoms with Crippen LogP contribution in [0.25, 0.3) is 0 Å². The zero-order valence-electron chi connectivity index (χ0n) is 11.5. The maximum Gasteiger partial charge on any atom is 0.313 e. The van der Waals surface area contributed by atoms with Gasteiger partial charge < -0.3 is 9.67 Å². The van der Waals surface area contributed by atoms with Gasteiger partial charge in [-0.05, 0) is 19.8 Å². The fourth-order valence-corrected chi connectivity index (χ4v) is 3.51. The Bertz CT molecular complexity index is 423. The lowest BCUT2D eigenvalue weighted by Crippen LogP contribution is -2.12. The minimum atomic E-state index is -0.783. The maximum atomic E-state index is 10.7. The number of hydrogen-bond donors (Lipinski definition) is 1. The molecule has 0 bridgehead atoms. The number of carboxylic acids is 1. The Kier molecular flexibility index (Phi) is 5.31. The number of aliphatic carboxylic acids is 1. The van der Waals surface area contributed by atoms with E-state index < -0.39 is 5.97 Å². The van der Waals surface area contributed by atoms with Gasteiger partial charge in [0.25, 0.3) is 0 Å². The van der Waals surface area contributed by atoms with Crippen LogP contribution < -0.4 is 0 Å². The van der Waals surface area contributed by atoms with Gasteiger partial charge in [-0.25, -0.2) is 4.98 Å². The van der Waals surface area contributed by atoms with Gasteiger partial charge in [-0.3, -0.25) is 4.79 Å². The van der Waals surface area contributed by atoms with Crippen LogP contribution in [-0.2, 0) is 4.79 Å². The Hall–Kier alpha value is -0.970. The zero-order chi connectivity index (χ0) is 13.7. The van der Waals surface area contributed by atoms with Crippen molar-refractivity contribution in [1.29, 1.82) is 0 Å². The molecule has 4 nitrogen and oxygen atoms in total. The van der Waals surface area contributed by atoms with Crippen molar-refractivity contribution in [2.24, 2.45) is 0 Å². The van der Waals surface area contributed by atoms with Crippen molar-refractivity contribution in [3.05, 3.63) is 11.9 Å². The summed E-state index contributed by atoms with van der Waals surface area (Å²) in [6.07, 6.45) is 11.0. The number of hydrogen-bond acceptors (Lipinski definition) is 3. The van der Waals surface area contributed by atoms with Crippen molar-refractivity contribution < 1.29 is 9.90 Å². The van der Waals surface area contributed by atoms with Crippen molar-refractivity contribution in [2.45, 2.75) is 63.1 Å². The number of thioether (sulfide) groups is 1. The Balaban J connectivity index is 2.09. The van der Waals surface area contributed by atoms with E-state index in [1.807, 2.05) is 6.92 Å². The van der Waals surface area contributed by atoms with Crippen LogP contribution in [0.4, 0.5) is 0 Å². The molecule has 0 saturated heterocycles. The summed E-state index contributed by atoms with van der Waals surface area (Å²) in [4.78, 5) is 15.2. The van der Waals surface area contributed by atoms with Gasteiger partial charge in [0.05, 0.1) is 11.4 Å². The summed E-state index contributed by atoms with van der Waals surface area (Å²) in [6.45, 7) is 1.98. The molecule has 1 N–H and O–H groups in total. The molecule has 1 aliphatic carbocycles. The number of imidazole rings is 1. The molecule has 1 heterocycles. The molecule has 1 fully saturated rings. The SMILES string of the molecule is Cc1cn(C2CCCCCCC2)c(SCC(=O)O)n1. The van der Waals surface area contributed by atoms with Gasteiger partial charge in [0.15, 0.2) is 5.16 Å². The first-order chi connectivity index (χ1) is 9.16. The van der Waals surface area contributed by atoms with Gasteiger partial charge in [-0.1, -0.05) is 43.9 Å². The topological polar surface area (TPSA) is 55.1 Å². The normalized spacial score (nSPS) is 17.9. The number of carboxylic acid groups (broad SMARTS) is 1. The third kappa shape index (κ3) is 4.27. The van der Waals surface area contributed by atoms with Crippen LogP contribution in [0.3, 0.4) is 0 Å². The van der Waals surface area contributed by atoms with Gasteiger partial charge >= 0.3 is 5.97 Å². The third-order valence-electron chi connectivity index (χ3n) is 3.61. The summed E-state index contributed by atoms with van der Waals surface area (Å²) in [5.41, 5.74) is 0.981. The number of aromatic nitrogens is 2. The van der Waals surface area contributed by atoms with E-state index in [-0.39, 0.29) is 5.75 Å². The van der Waals surface area contributed by atoms with Crippen molar-refractivity contribution >= 4 is 17.7 Å². The van der Waals surface area contributed by atoms with Crippen LogP contribution in [0, 0.1) is 6.92 Å². The van der Waals surface area contributed by atoms with Crippen LogP contribution in [0.5, 0.6) is 0 Å². The molecule has 1 aliphatic rings. The second-order valence-corrected chi connectivity index (χ2v) is 6.20. The maximum absolute atomic E-state index is 10.7. The molecule has 1 saturated carbocycles. The van der Waals surface area contributed by atoms with Crippen molar-refractivity contribution in [2.75, 3.05) is 5.75 Å². The van der Waals surface area contributed by atoms with Crippen LogP contribution in [-0.4, -0.2) is 26.4 Å². The molecule has 1 aromatic rings. The largest absolute Gasteiger partial charge is 0.481 e. The highest BCUT2D eigenvalue weighted by molar-refractivity contribution is 7.99. The van der Waals surface area contributed by atoms with Crippen LogP contribution in [0.1, 0.15) is 56.7 Å². The number of rotatable bonds is 4. The van der Waals surface area contributed by atoms with E-state index in [4.69, 9.17) is 5.11 Å². The first-order valence-electron chi connectivity index (χ1n) is 7.07. The van der Waals surface area contributed by atoms with E-state index in [9.17, 15) is 4.79 Å². The molecule has 2 rings (SSSR count). The van der Waals surface area contributed by atoms with E-state index >= 15 is 0 Å². The Labute approximate surface area is 118 Å². The molecule has 0 aliphatic heterocycles. The highest BCUT2D eigenvalue weighted by atomic mass is 32.2. The Morgan fingerprint density at radius 3 is 2.63 bits per heavy atom. The smallest absolute Gasteiger partial charge is 0.313 e. The third-order valence-corrected chi connectivity index (χ3v) is 4.56. The highest BCUT2D eigenvalue weighted by Crippen LogP contribution is 2.30. The average molecular weight is 282 g/mol. The lowest BCUT2D eigenvalue weighted by atomic mass is 9.97. The number of carbonyl (C=O) groups is 1. The molecular weight excluding hydrogens is 260 g/mol. The second-order valence-electron chi connectivity index (χ2n) is 5.25. The Morgan fingerprint density at radius 2 is 2.00 bits per heavy atom. The van der Waals surface area contributed by atoms with Gasteiger partial charge in [0.1, 0.15) is 0 Å². The molecule has 0 unspecified atom stereocenters. The summed E-state index contributed by atoms with van der Waals surface area (Å²) in [6, 6.07) is 0.498. The van der Waals surface area contributed by atoms with E-state index in [1.54, 1.807) is 0 Å². The summed E-state index contributed by atoms with van der Waals surface area (Å²) in [7, 11) is 0. The summed E-state index contributed by atoms with van der Waals surface area (Å²) in [5, 5.41) is 9.67. The van der Waals surface area contributed by atoms with Gasteiger partial charge in [0.2, 0.25) is 0 Å². The molecule has 0 aromatic carbocycles. The molecule has 0 radical (unpaired) electrons. The fourth-order valence-electron chi connectivity index (χ4n) is 2.70. The molecule has 106 valence electrons. The lowest BCUT2D eigenvalue weighted by molar-refractivity contribution is -0.133. The minimum Gasteiger partial charge on any atom is -0.481 e. The predicted molar refractivity (Wildman–Crippen MR) is 76.7 cm³/mol. The standard InChI is InChI=1S/C14H22N2O2S/c1-11-9-16(14(15-11)19-10-13(17)18)12-7-5-3-2-4-6-8-12/h9,12H,2-8,10H2,1H3,(H,17,18). The number of nitrogens with zero attached hydrogens (tertiary/aromatic N) is 2. The molecular formula is C14H22N2O2S. The van der Waals surface area contributed by atoms with E-state index in [1.165, 1.54) is 56.7 Å². The average Bonchev–Trinajstić information content (AvgIpc) is 2.67. The lowest BCUT2D eigenvalue weighted by Gasteiger charge is -2.22. The van der Waals surface area contributed by atoms with Crippen molar-refractivity contribution in [3.63, 3.8) is 0 Å².